The lowest BCUT2D eigenvalue weighted by Crippen LogP contribution is -1.92. The molecule has 15 heavy (non-hydrogen) atoms. The van der Waals surface area contributed by atoms with Gasteiger partial charge in [-0.25, -0.2) is 0 Å². The third-order valence-electron chi connectivity index (χ3n) is 2.37. The Balaban J connectivity index is 3.16. The van der Waals surface area contributed by atoms with Gasteiger partial charge in [0.1, 0.15) is 0 Å². The van der Waals surface area contributed by atoms with Crippen molar-refractivity contribution < 1.29 is 10.0 Å². The maximum atomic E-state index is 10.6. The molecule has 1 aromatic rings. The third-order valence-corrected chi connectivity index (χ3v) is 2.37. The van der Waals surface area contributed by atoms with Crippen molar-refractivity contribution in [2.75, 3.05) is 6.61 Å². The summed E-state index contributed by atoms with van der Waals surface area (Å²) in [6.45, 7) is 3.60. The fourth-order valence-electron chi connectivity index (χ4n) is 1.22. The predicted octanol–water partition coefficient (Wildman–Crippen LogP) is 2.38. The van der Waals surface area contributed by atoms with E-state index in [0.29, 0.717) is 0 Å². The quantitative estimate of drug-likeness (QED) is 0.611. The van der Waals surface area contributed by atoms with E-state index in [1.807, 2.05) is 6.92 Å². The summed E-state index contributed by atoms with van der Waals surface area (Å²) < 4.78 is 0. The van der Waals surface area contributed by atoms with Crippen molar-refractivity contribution in [3.8, 4) is 0 Å². The Labute approximate surface area is 88.0 Å². The van der Waals surface area contributed by atoms with Gasteiger partial charge in [0.2, 0.25) is 0 Å². The molecule has 0 atom stereocenters. The molecule has 0 aliphatic rings. The molecule has 80 valence electrons. The van der Waals surface area contributed by atoms with Gasteiger partial charge in [0, 0.05) is 12.1 Å². The summed E-state index contributed by atoms with van der Waals surface area (Å²) in [5.41, 5.74) is 2.53. The van der Waals surface area contributed by atoms with Crippen molar-refractivity contribution in [1.29, 1.82) is 0 Å². The molecule has 0 fully saturated rings. The predicted molar refractivity (Wildman–Crippen MR) is 58.5 cm³/mol. The van der Waals surface area contributed by atoms with E-state index in [0.717, 1.165) is 16.7 Å². The first-order chi connectivity index (χ1) is 7.06. The molecule has 0 radical (unpaired) electrons. The second kappa shape index (κ2) is 4.70. The zero-order chi connectivity index (χ0) is 11.4. The number of hydrogen-bond acceptors (Lipinski definition) is 3. The molecule has 1 aromatic carbocycles. The highest BCUT2D eigenvalue weighted by Crippen LogP contribution is 2.22. The molecule has 1 N–H and O–H groups in total. The lowest BCUT2D eigenvalue weighted by molar-refractivity contribution is -0.384. The van der Waals surface area contributed by atoms with E-state index in [-0.39, 0.29) is 12.3 Å². The summed E-state index contributed by atoms with van der Waals surface area (Å²) in [6.07, 6.45) is 0. The molecule has 0 amide bonds. The summed E-state index contributed by atoms with van der Waals surface area (Å²) in [5, 5.41) is 19.5. The molecule has 0 saturated carbocycles. The average molecular weight is 207 g/mol. The van der Waals surface area contributed by atoms with Crippen molar-refractivity contribution in [3.05, 3.63) is 45.5 Å². The number of nitro groups is 1. The Morgan fingerprint density at radius 2 is 2.13 bits per heavy atom. The van der Waals surface area contributed by atoms with Gasteiger partial charge in [0.25, 0.3) is 5.69 Å². The van der Waals surface area contributed by atoms with Gasteiger partial charge in [-0.05, 0) is 30.6 Å². The maximum Gasteiger partial charge on any atom is 0.270 e. The fourth-order valence-corrected chi connectivity index (χ4v) is 1.22. The molecule has 0 heterocycles. The highest BCUT2D eigenvalue weighted by Gasteiger charge is 2.07. The Hall–Kier alpha value is -1.68. The van der Waals surface area contributed by atoms with Gasteiger partial charge in [-0.2, -0.15) is 0 Å². The van der Waals surface area contributed by atoms with Crippen LogP contribution in [0.1, 0.15) is 19.4 Å². The van der Waals surface area contributed by atoms with Gasteiger partial charge in [0.05, 0.1) is 11.5 Å². The molecule has 0 aliphatic carbocycles. The van der Waals surface area contributed by atoms with E-state index in [1.54, 1.807) is 19.1 Å². The minimum atomic E-state index is -0.426. The number of aliphatic hydroxyl groups excluding tert-OH is 1. The third kappa shape index (κ3) is 2.63. The second-order valence-electron chi connectivity index (χ2n) is 3.37. The van der Waals surface area contributed by atoms with Crippen LogP contribution in [0.4, 0.5) is 5.69 Å². The lowest BCUT2D eigenvalue weighted by atomic mass is 10.0. The summed E-state index contributed by atoms with van der Waals surface area (Å²) >= 11 is 0. The summed E-state index contributed by atoms with van der Waals surface area (Å²) in [6, 6.07) is 6.39. The van der Waals surface area contributed by atoms with Crippen LogP contribution in [0.2, 0.25) is 0 Å². The first-order valence-electron chi connectivity index (χ1n) is 4.58. The Bertz CT molecular complexity index is 410. The highest BCUT2D eigenvalue weighted by molar-refractivity contribution is 5.68. The number of non-ortho nitro benzene ring substituents is 1. The molecule has 1 rings (SSSR count). The number of aliphatic hydroxyl groups is 1. The average Bonchev–Trinajstić information content (AvgIpc) is 2.27. The Morgan fingerprint density at radius 1 is 1.47 bits per heavy atom. The first kappa shape index (κ1) is 11.4. The molecule has 0 unspecified atom stereocenters. The zero-order valence-electron chi connectivity index (χ0n) is 8.73. The summed E-state index contributed by atoms with van der Waals surface area (Å²) in [5.74, 6) is 0. The molecular formula is C11H13NO3. The van der Waals surface area contributed by atoms with Gasteiger partial charge in [-0.3, -0.25) is 10.1 Å². The molecule has 0 aromatic heterocycles. The second-order valence-corrected chi connectivity index (χ2v) is 3.37. The number of benzene rings is 1. The number of rotatable bonds is 3. The van der Waals surface area contributed by atoms with Crippen LogP contribution in [0.5, 0.6) is 0 Å². The maximum absolute atomic E-state index is 10.6. The molecule has 0 spiro atoms. The largest absolute Gasteiger partial charge is 0.392 e. The van der Waals surface area contributed by atoms with Crippen molar-refractivity contribution in [2.45, 2.75) is 13.8 Å². The topological polar surface area (TPSA) is 63.4 Å². The van der Waals surface area contributed by atoms with Crippen LogP contribution in [0.3, 0.4) is 0 Å². The number of nitrogens with zero attached hydrogens (tertiary/aromatic N) is 1. The van der Waals surface area contributed by atoms with Gasteiger partial charge in [-0.15, -0.1) is 0 Å². The van der Waals surface area contributed by atoms with E-state index < -0.39 is 4.92 Å². The fraction of sp³-hybridized carbons (Fsp3) is 0.273. The van der Waals surface area contributed by atoms with Crippen molar-refractivity contribution in [2.24, 2.45) is 0 Å². The van der Waals surface area contributed by atoms with Crippen molar-refractivity contribution >= 4 is 11.3 Å². The molecular weight excluding hydrogens is 194 g/mol. The smallest absolute Gasteiger partial charge is 0.270 e. The zero-order valence-corrected chi connectivity index (χ0v) is 8.73. The van der Waals surface area contributed by atoms with E-state index >= 15 is 0 Å². The Kier molecular flexibility index (Phi) is 3.57. The monoisotopic (exact) mass is 207 g/mol. The minimum Gasteiger partial charge on any atom is -0.392 e. The van der Waals surface area contributed by atoms with Crippen LogP contribution in [0.25, 0.3) is 5.57 Å². The summed E-state index contributed by atoms with van der Waals surface area (Å²) in [7, 11) is 0. The number of hydrogen-bond donors (Lipinski definition) is 1. The van der Waals surface area contributed by atoms with Crippen molar-refractivity contribution in [1.82, 2.24) is 0 Å². The van der Waals surface area contributed by atoms with Crippen LogP contribution < -0.4 is 0 Å². The standard InChI is InChI=1S/C11H13NO3/c1-8(7-13)9(2)10-4-3-5-11(6-10)12(14)15/h3-6,13H,7H2,1-2H3. The van der Waals surface area contributed by atoms with E-state index in [2.05, 4.69) is 0 Å². The van der Waals surface area contributed by atoms with Crippen LogP contribution in [0.15, 0.2) is 29.8 Å². The van der Waals surface area contributed by atoms with Gasteiger partial charge < -0.3 is 5.11 Å². The molecule has 4 heteroatoms. The lowest BCUT2D eigenvalue weighted by Gasteiger charge is -2.05. The number of nitro benzene ring substituents is 1. The minimum absolute atomic E-state index is 0.0332. The molecule has 0 saturated heterocycles. The molecule has 4 nitrogen and oxygen atoms in total. The number of allylic oxidation sites excluding steroid dienone is 1. The Morgan fingerprint density at radius 3 is 2.67 bits per heavy atom. The van der Waals surface area contributed by atoms with Crippen LogP contribution in [-0.4, -0.2) is 16.6 Å². The normalized spacial score (nSPS) is 12.2. The van der Waals surface area contributed by atoms with E-state index in [4.69, 9.17) is 5.11 Å². The van der Waals surface area contributed by atoms with E-state index in [9.17, 15) is 10.1 Å². The van der Waals surface area contributed by atoms with Gasteiger partial charge in [-0.1, -0.05) is 12.1 Å². The van der Waals surface area contributed by atoms with Crippen LogP contribution >= 0.6 is 0 Å². The van der Waals surface area contributed by atoms with Gasteiger partial charge >= 0.3 is 0 Å². The summed E-state index contributed by atoms with van der Waals surface area (Å²) in [4.78, 5) is 10.1. The van der Waals surface area contributed by atoms with Crippen LogP contribution in [0, 0.1) is 10.1 Å². The first-order valence-corrected chi connectivity index (χ1v) is 4.58. The van der Waals surface area contributed by atoms with Crippen LogP contribution in [-0.2, 0) is 0 Å². The van der Waals surface area contributed by atoms with Gasteiger partial charge in [0.15, 0.2) is 0 Å². The molecule has 0 bridgehead atoms. The highest BCUT2D eigenvalue weighted by atomic mass is 16.6. The van der Waals surface area contributed by atoms with Crippen molar-refractivity contribution in [3.63, 3.8) is 0 Å². The molecule has 0 aliphatic heterocycles. The SMILES string of the molecule is CC(CO)=C(C)c1cccc([N+](=O)[O-])c1. The van der Waals surface area contributed by atoms with E-state index in [1.165, 1.54) is 12.1 Å².